The Kier molecular flexibility index (Phi) is 3.85. The molecule has 2 N–H and O–H groups in total. The number of ketones is 1. The Morgan fingerprint density at radius 3 is 2.48 bits per heavy atom. The second-order valence-corrected chi connectivity index (χ2v) is 7.17. The minimum atomic E-state index is -1.15. The van der Waals surface area contributed by atoms with Crippen LogP contribution >= 0.6 is 0 Å². The van der Waals surface area contributed by atoms with Crippen molar-refractivity contribution in [3.05, 3.63) is 39.9 Å². The van der Waals surface area contributed by atoms with Crippen molar-refractivity contribution in [1.29, 1.82) is 0 Å². The normalized spacial score (nSPS) is 26.3. The molecule has 25 heavy (non-hydrogen) atoms. The van der Waals surface area contributed by atoms with Crippen molar-refractivity contribution in [2.24, 2.45) is 16.7 Å². The third-order valence-corrected chi connectivity index (χ3v) is 5.92. The van der Waals surface area contributed by atoms with Crippen molar-refractivity contribution in [2.75, 3.05) is 0 Å². The van der Waals surface area contributed by atoms with Crippen LogP contribution in [0.3, 0.4) is 0 Å². The van der Waals surface area contributed by atoms with Gasteiger partial charge in [-0.2, -0.15) is 0 Å². The first kappa shape index (κ1) is 17.1. The van der Waals surface area contributed by atoms with E-state index in [4.69, 9.17) is 0 Å². The van der Waals surface area contributed by atoms with Gasteiger partial charge in [-0.25, -0.2) is 0 Å². The van der Waals surface area contributed by atoms with E-state index in [-0.39, 0.29) is 23.0 Å². The van der Waals surface area contributed by atoms with E-state index in [0.29, 0.717) is 12.8 Å². The van der Waals surface area contributed by atoms with Crippen LogP contribution in [-0.2, 0) is 9.59 Å². The highest BCUT2D eigenvalue weighted by atomic mass is 16.6. The van der Waals surface area contributed by atoms with E-state index in [9.17, 15) is 24.5 Å². The van der Waals surface area contributed by atoms with E-state index in [1.54, 1.807) is 0 Å². The zero-order valence-electron chi connectivity index (χ0n) is 14.0. The topological polar surface area (TPSA) is 118 Å². The zero-order chi connectivity index (χ0) is 18.4. The number of nitrogens with one attached hydrogen (secondary N) is 2. The smallest absolute Gasteiger partial charge is 0.282 e. The highest BCUT2D eigenvalue weighted by molar-refractivity contribution is 6.10. The van der Waals surface area contributed by atoms with Gasteiger partial charge in [0.15, 0.2) is 0 Å². The highest BCUT2D eigenvalue weighted by Crippen LogP contribution is 2.63. The molecule has 8 heteroatoms. The Labute approximate surface area is 144 Å². The van der Waals surface area contributed by atoms with Crippen molar-refractivity contribution in [3.63, 3.8) is 0 Å². The average Bonchev–Trinajstić information content (AvgIpc) is 2.94. The van der Waals surface area contributed by atoms with E-state index >= 15 is 0 Å². The highest BCUT2D eigenvalue weighted by Gasteiger charge is 2.68. The van der Waals surface area contributed by atoms with Crippen molar-refractivity contribution < 1.29 is 19.3 Å². The summed E-state index contributed by atoms with van der Waals surface area (Å²) in [6, 6.07) is 5.45. The Hall–Kier alpha value is -2.77. The first-order valence-electron chi connectivity index (χ1n) is 8.09. The summed E-state index contributed by atoms with van der Waals surface area (Å²) in [4.78, 5) is 47.7. The van der Waals surface area contributed by atoms with Crippen molar-refractivity contribution in [2.45, 2.75) is 33.1 Å². The quantitative estimate of drug-likeness (QED) is 0.491. The van der Waals surface area contributed by atoms with Gasteiger partial charge in [0.05, 0.1) is 4.92 Å². The van der Waals surface area contributed by atoms with E-state index in [1.165, 1.54) is 24.3 Å². The molecule has 3 rings (SSSR count). The molecule has 0 spiro atoms. The number of hydrogen-bond donors (Lipinski definition) is 2. The van der Waals surface area contributed by atoms with Gasteiger partial charge in [-0.1, -0.05) is 26.0 Å². The van der Waals surface area contributed by atoms with Crippen molar-refractivity contribution >= 4 is 23.3 Å². The fourth-order valence-electron chi connectivity index (χ4n) is 4.32. The third-order valence-electron chi connectivity index (χ3n) is 5.92. The lowest BCUT2D eigenvalue weighted by Gasteiger charge is -2.34. The Morgan fingerprint density at radius 1 is 1.24 bits per heavy atom. The number of carbonyl (C=O) groups excluding carboxylic acids is 3. The van der Waals surface area contributed by atoms with Gasteiger partial charge in [0.25, 0.3) is 17.5 Å². The summed E-state index contributed by atoms with van der Waals surface area (Å²) in [5.41, 5.74) is 2.39. The number of fused-ring (bicyclic) bond motifs is 2. The fourth-order valence-corrected chi connectivity index (χ4v) is 4.32. The molecule has 8 nitrogen and oxygen atoms in total. The molecule has 132 valence electrons. The van der Waals surface area contributed by atoms with E-state index < -0.39 is 27.6 Å². The third kappa shape index (κ3) is 2.32. The van der Waals surface area contributed by atoms with Gasteiger partial charge in [0, 0.05) is 12.5 Å². The predicted molar refractivity (Wildman–Crippen MR) is 87.3 cm³/mol. The molecule has 1 aromatic rings. The molecule has 2 aliphatic rings. The summed E-state index contributed by atoms with van der Waals surface area (Å²) in [5.74, 6) is -1.29. The van der Waals surface area contributed by atoms with Crippen LogP contribution in [0.4, 0.5) is 5.69 Å². The van der Waals surface area contributed by atoms with Crippen LogP contribution in [0.2, 0.25) is 0 Å². The molecule has 2 amide bonds. The molecule has 0 radical (unpaired) electrons. The zero-order valence-corrected chi connectivity index (χ0v) is 14.0. The summed E-state index contributed by atoms with van der Waals surface area (Å²) < 4.78 is 0. The van der Waals surface area contributed by atoms with Gasteiger partial charge < -0.3 is 0 Å². The number of Topliss-reactive ketones (excluding diaryl/α,β-unsaturated/α-hetero) is 1. The molecular formula is C17H19N3O5. The number of para-hydroxylation sites is 1. The maximum Gasteiger partial charge on any atom is 0.282 e. The monoisotopic (exact) mass is 345 g/mol. The molecule has 2 atom stereocenters. The van der Waals surface area contributed by atoms with Crippen LogP contribution in [0.5, 0.6) is 0 Å². The van der Waals surface area contributed by atoms with Gasteiger partial charge in [-0.15, -0.1) is 0 Å². The second-order valence-electron chi connectivity index (χ2n) is 7.17. The molecule has 2 unspecified atom stereocenters. The number of nitrogens with zero attached hydrogens (tertiary/aromatic N) is 1. The number of carbonyl (C=O) groups is 3. The number of amides is 2. The predicted octanol–water partition coefficient (Wildman–Crippen LogP) is 1.75. The second kappa shape index (κ2) is 5.65. The summed E-state index contributed by atoms with van der Waals surface area (Å²) in [7, 11) is 0. The number of nitro benzene ring substituents is 1. The summed E-state index contributed by atoms with van der Waals surface area (Å²) in [6.45, 7) is 3.80. The van der Waals surface area contributed by atoms with Crippen LogP contribution in [0, 0.1) is 26.9 Å². The maximum absolute atomic E-state index is 12.7. The first-order valence-corrected chi connectivity index (χ1v) is 8.09. The van der Waals surface area contributed by atoms with Crippen LogP contribution in [0.1, 0.15) is 43.5 Å². The van der Waals surface area contributed by atoms with Gasteiger partial charge >= 0.3 is 0 Å². The van der Waals surface area contributed by atoms with Crippen LogP contribution in [0.15, 0.2) is 24.3 Å². The summed E-state index contributed by atoms with van der Waals surface area (Å²) in [6.07, 6.45) is 1.62. The van der Waals surface area contributed by atoms with Gasteiger partial charge in [-0.05, 0) is 30.2 Å². The van der Waals surface area contributed by atoms with Gasteiger partial charge in [-0.3, -0.25) is 35.3 Å². The number of rotatable bonds is 3. The first-order chi connectivity index (χ1) is 11.7. The lowest BCUT2D eigenvalue weighted by atomic mass is 9.68. The Morgan fingerprint density at radius 2 is 1.92 bits per heavy atom. The lowest BCUT2D eigenvalue weighted by molar-refractivity contribution is -0.385. The molecule has 2 bridgehead atoms. The number of benzene rings is 1. The molecule has 0 aliphatic heterocycles. The largest absolute Gasteiger partial charge is 0.298 e. The SMILES string of the molecule is CC1(C)C2CCC1(C(=O)NNC(=O)c1ccccc1[N+](=O)[O-])C(=O)C2. The minimum Gasteiger partial charge on any atom is -0.298 e. The van der Waals surface area contributed by atoms with Gasteiger partial charge in [0.2, 0.25) is 0 Å². The molecule has 0 heterocycles. The molecule has 1 aromatic carbocycles. The van der Waals surface area contributed by atoms with E-state index in [2.05, 4.69) is 10.9 Å². The molecule has 2 saturated carbocycles. The van der Waals surface area contributed by atoms with Gasteiger partial charge in [0.1, 0.15) is 16.8 Å². The van der Waals surface area contributed by atoms with Crippen molar-refractivity contribution in [3.8, 4) is 0 Å². The van der Waals surface area contributed by atoms with Crippen LogP contribution < -0.4 is 10.9 Å². The Bertz CT molecular complexity index is 788. The minimum absolute atomic E-state index is 0.105. The lowest BCUT2D eigenvalue weighted by Crippen LogP contribution is -2.54. The summed E-state index contributed by atoms with van der Waals surface area (Å²) in [5, 5.41) is 11.0. The number of hydrazine groups is 1. The molecule has 0 aromatic heterocycles. The van der Waals surface area contributed by atoms with E-state index in [1.807, 2.05) is 13.8 Å². The standard InChI is InChI=1S/C17H19N3O5/c1-16(2)10-7-8-17(16,13(21)9-10)15(23)19-18-14(22)11-5-3-4-6-12(11)20(24)25/h3-6,10H,7-9H2,1-2H3,(H,18,22)(H,19,23). The molecule has 0 saturated heterocycles. The van der Waals surface area contributed by atoms with E-state index in [0.717, 1.165) is 6.42 Å². The Balaban J connectivity index is 1.76. The molecule has 2 aliphatic carbocycles. The van der Waals surface area contributed by atoms with Crippen molar-refractivity contribution in [1.82, 2.24) is 10.9 Å². The summed E-state index contributed by atoms with van der Waals surface area (Å²) >= 11 is 0. The molecular weight excluding hydrogens is 326 g/mol. The maximum atomic E-state index is 12.7. The number of nitro groups is 1. The molecule has 2 fully saturated rings. The van der Waals surface area contributed by atoms with Crippen LogP contribution in [0.25, 0.3) is 0 Å². The fraction of sp³-hybridized carbons (Fsp3) is 0.471. The number of hydrogen-bond acceptors (Lipinski definition) is 5. The average molecular weight is 345 g/mol. The van der Waals surface area contributed by atoms with Crippen LogP contribution in [-0.4, -0.2) is 22.5 Å².